The smallest absolute Gasteiger partial charge is 0.387 e. The van der Waals surface area contributed by atoms with Gasteiger partial charge < -0.3 is 4.74 Å². The number of ether oxygens (including phenoxy) is 1. The molecule has 0 saturated heterocycles. The van der Waals surface area contributed by atoms with Crippen LogP contribution in [-0.2, 0) is 9.05 Å². The Bertz CT molecular complexity index is 542. The Balaban J connectivity index is 3.32. The molecule has 1 aromatic rings. The molecule has 0 saturated carbocycles. The summed E-state index contributed by atoms with van der Waals surface area (Å²) in [7, 11) is 1.04. The summed E-state index contributed by atoms with van der Waals surface area (Å²) in [6.45, 7) is -2.01. The van der Waals surface area contributed by atoms with Gasteiger partial charge in [-0.25, -0.2) is 8.42 Å². The number of rotatable bonds is 4. The summed E-state index contributed by atoms with van der Waals surface area (Å²) in [5.41, 5.74) is -0.271. The highest BCUT2D eigenvalue weighted by Crippen LogP contribution is 2.26. The van der Waals surface area contributed by atoms with Gasteiger partial charge in [0.05, 0.1) is 10.5 Å². The van der Waals surface area contributed by atoms with Gasteiger partial charge in [-0.15, -0.1) is 0 Å². The van der Waals surface area contributed by atoms with Gasteiger partial charge in [-0.05, 0) is 25.1 Å². The quantitative estimate of drug-likeness (QED) is 0.629. The maximum atomic E-state index is 12.0. The molecule has 0 spiro atoms. The van der Waals surface area contributed by atoms with Crippen LogP contribution in [0.5, 0.6) is 5.75 Å². The molecule has 0 N–H and O–H groups in total. The first-order valence-electron chi connectivity index (χ1n) is 4.26. The number of hydrogen-bond donors (Lipinski definition) is 0. The number of alkyl halides is 2. The van der Waals surface area contributed by atoms with E-state index in [1.54, 1.807) is 0 Å². The molecule has 0 fully saturated rings. The van der Waals surface area contributed by atoms with E-state index in [0.717, 1.165) is 25.1 Å². The molecule has 0 aliphatic heterocycles. The first-order chi connectivity index (χ1) is 7.71. The second-order valence-corrected chi connectivity index (χ2v) is 5.60. The van der Waals surface area contributed by atoms with Gasteiger partial charge in [-0.3, -0.25) is 4.79 Å². The molecule has 0 bridgehead atoms. The fourth-order valence-corrected chi connectivity index (χ4v) is 1.91. The molecule has 0 aliphatic rings. The molecule has 0 atom stereocenters. The second kappa shape index (κ2) is 4.97. The van der Waals surface area contributed by atoms with Gasteiger partial charge >= 0.3 is 6.61 Å². The second-order valence-electron chi connectivity index (χ2n) is 3.03. The van der Waals surface area contributed by atoms with Crippen molar-refractivity contribution in [2.45, 2.75) is 18.4 Å². The van der Waals surface area contributed by atoms with Crippen LogP contribution >= 0.6 is 10.7 Å². The Morgan fingerprint density at radius 1 is 1.41 bits per heavy atom. The monoisotopic (exact) mass is 284 g/mol. The van der Waals surface area contributed by atoms with E-state index in [1.807, 2.05) is 0 Å². The number of Topliss-reactive ketones (excluding diaryl/α,β-unsaturated/α-hetero) is 1. The molecule has 0 aliphatic carbocycles. The number of hydrogen-bond acceptors (Lipinski definition) is 4. The van der Waals surface area contributed by atoms with Gasteiger partial charge in [-0.2, -0.15) is 8.78 Å². The molecule has 0 aromatic heterocycles. The van der Waals surface area contributed by atoms with Crippen LogP contribution in [0.25, 0.3) is 0 Å². The van der Waals surface area contributed by atoms with E-state index in [-0.39, 0.29) is 10.5 Å². The van der Waals surface area contributed by atoms with Crippen molar-refractivity contribution in [3.05, 3.63) is 23.8 Å². The van der Waals surface area contributed by atoms with Crippen LogP contribution in [0, 0.1) is 0 Å². The number of carbonyl (C=O) groups excluding carboxylic acids is 1. The van der Waals surface area contributed by atoms with Crippen LogP contribution in [-0.4, -0.2) is 20.8 Å². The first kappa shape index (κ1) is 13.9. The lowest BCUT2D eigenvalue weighted by Crippen LogP contribution is -2.07. The van der Waals surface area contributed by atoms with E-state index in [9.17, 15) is 22.0 Å². The van der Waals surface area contributed by atoms with Crippen molar-refractivity contribution >= 4 is 25.5 Å². The summed E-state index contributed by atoms with van der Waals surface area (Å²) in [6, 6.07) is 2.83. The predicted molar refractivity (Wildman–Crippen MR) is 56.1 cm³/mol. The van der Waals surface area contributed by atoms with Gasteiger partial charge in [0.2, 0.25) is 0 Å². The Morgan fingerprint density at radius 2 is 2.00 bits per heavy atom. The third-order valence-corrected chi connectivity index (χ3v) is 3.18. The molecule has 8 heteroatoms. The molecule has 4 nitrogen and oxygen atoms in total. The summed E-state index contributed by atoms with van der Waals surface area (Å²) in [4.78, 5) is 10.8. The normalized spacial score (nSPS) is 11.6. The zero-order valence-electron chi connectivity index (χ0n) is 8.48. The maximum Gasteiger partial charge on any atom is 0.387 e. The van der Waals surface area contributed by atoms with Crippen molar-refractivity contribution < 1.29 is 26.7 Å². The highest BCUT2D eigenvalue weighted by atomic mass is 35.7. The Hall–Kier alpha value is -1.21. The number of ketones is 1. The fraction of sp³-hybridized carbons (Fsp3) is 0.222. The van der Waals surface area contributed by atoms with Gasteiger partial charge in [0.15, 0.2) is 5.78 Å². The Labute approximate surface area is 101 Å². The number of benzene rings is 1. The SMILES string of the molecule is CC(=O)c1cc(S(=O)(=O)Cl)ccc1OC(F)F. The van der Waals surface area contributed by atoms with Gasteiger partial charge in [0.1, 0.15) is 5.75 Å². The topological polar surface area (TPSA) is 60.4 Å². The van der Waals surface area contributed by atoms with Gasteiger partial charge in [0, 0.05) is 10.7 Å². The van der Waals surface area contributed by atoms with Crippen molar-refractivity contribution in [1.29, 1.82) is 0 Å². The standard InChI is InChI=1S/C9H7ClF2O4S/c1-5(13)7-4-6(17(10,14)15)2-3-8(7)16-9(11)12/h2-4,9H,1H3. The van der Waals surface area contributed by atoms with E-state index < -0.39 is 27.2 Å². The largest absolute Gasteiger partial charge is 0.434 e. The molecule has 0 heterocycles. The summed E-state index contributed by atoms with van der Waals surface area (Å²) in [6.07, 6.45) is 0. The fourth-order valence-electron chi connectivity index (χ4n) is 1.13. The highest BCUT2D eigenvalue weighted by molar-refractivity contribution is 8.13. The minimum atomic E-state index is -4.03. The van der Waals surface area contributed by atoms with Crippen molar-refractivity contribution in [3.8, 4) is 5.75 Å². The Morgan fingerprint density at radius 3 is 2.41 bits per heavy atom. The molecule has 0 unspecified atom stereocenters. The minimum absolute atomic E-state index is 0.271. The average Bonchev–Trinajstić information content (AvgIpc) is 2.15. The van der Waals surface area contributed by atoms with Crippen LogP contribution in [0.15, 0.2) is 23.1 Å². The molecular formula is C9H7ClF2O4S. The third kappa shape index (κ3) is 3.64. The maximum absolute atomic E-state index is 12.0. The van der Waals surface area contributed by atoms with E-state index in [0.29, 0.717) is 0 Å². The molecule has 17 heavy (non-hydrogen) atoms. The molecular weight excluding hydrogens is 278 g/mol. The molecule has 1 aromatic carbocycles. The van der Waals surface area contributed by atoms with E-state index >= 15 is 0 Å². The lowest BCUT2D eigenvalue weighted by atomic mass is 10.1. The van der Waals surface area contributed by atoms with Crippen molar-refractivity contribution in [3.63, 3.8) is 0 Å². The summed E-state index contributed by atoms with van der Waals surface area (Å²) >= 11 is 0. The molecule has 0 radical (unpaired) electrons. The van der Waals surface area contributed by atoms with E-state index in [1.165, 1.54) is 0 Å². The van der Waals surface area contributed by atoms with E-state index in [2.05, 4.69) is 4.74 Å². The lowest BCUT2D eigenvalue weighted by molar-refractivity contribution is -0.0501. The zero-order valence-corrected chi connectivity index (χ0v) is 10.1. The zero-order chi connectivity index (χ0) is 13.2. The van der Waals surface area contributed by atoms with Crippen LogP contribution in [0.1, 0.15) is 17.3 Å². The average molecular weight is 285 g/mol. The molecule has 94 valence electrons. The first-order valence-corrected chi connectivity index (χ1v) is 6.57. The predicted octanol–water partition coefficient (Wildman–Crippen LogP) is 2.42. The van der Waals surface area contributed by atoms with Crippen LogP contribution in [0.4, 0.5) is 8.78 Å². The lowest BCUT2D eigenvalue weighted by Gasteiger charge is -2.09. The minimum Gasteiger partial charge on any atom is -0.434 e. The highest BCUT2D eigenvalue weighted by Gasteiger charge is 2.18. The summed E-state index contributed by atoms with van der Waals surface area (Å²) < 4.78 is 50.1. The van der Waals surface area contributed by atoms with Crippen LogP contribution in [0.2, 0.25) is 0 Å². The Kier molecular flexibility index (Phi) is 4.05. The van der Waals surface area contributed by atoms with Crippen LogP contribution in [0.3, 0.4) is 0 Å². The van der Waals surface area contributed by atoms with Gasteiger partial charge in [-0.1, -0.05) is 0 Å². The summed E-state index contributed by atoms with van der Waals surface area (Å²) in [5.74, 6) is -1.00. The molecule has 1 rings (SSSR count). The van der Waals surface area contributed by atoms with E-state index in [4.69, 9.17) is 10.7 Å². The van der Waals surface area contributed by atoms with Crippen molar-refractivity contribution in [2.75, 3.05) is 0 Å². The third-order valence-electron chi connectivity index (χ3n) is 1.83. The van der Waals surface area contributed by atoms with Crippen molar-refractivity contribution in [1.82, 2.24) is 0 Å². The van der Waals surface area contributed by atoms with Gasteiger partial charge in [0.25, 0.3) is 9.05 Å². The molecule has 0 amide bonds. The number of carbonyl (C=O) groups is 1. The van der Waals surface area contributed by atoms with Crippen LogP contribution < -0.4 is 4.74 Å². The summed E-state index contributed by atoms with van der Waals surface area (Å²) in [5, 5.41) is 0. The number of halogens is 3. The van der Waals surface area contributed by atoms with Crippen molar-refractivity contribution in [2.24, 2.45) is 0 Å².